The predicted molar refractivity (Wildman–Crippen MR) is 65.5 cm³/mol. The molecule has 0 spiro atoms. The third kappa shape index (κ3) is 3.67. The van der Waals surface area contributed by atoms with Crippen LogP contribution in [0.1, 0.15) is 24.2 Å². The SMILES string of the molecule is Cc1nccc(CNC(C)Cc2ccco2)n1. The average Bonchev–Trinajstić information content (AvgIpc) is 2.79. The Labute approximate surface area is 101 Å². The van der Waals surface area contributed by atoms with Gasteiger partial charge in [-0.25, -0.2) is 9.97 Å². The lowest BCUT2D eigenvalue weighted by atomic mass is 10.2. The van der Waals surface area contributed by atoms with Gasteiger partial charge in [-0.2, -0.15) is 0 Å². The van der Waals surface area contributed by atoms with Crippen molar-refractivity contribution in [2.45, 2.75) is 32.9 Å². The van der Waals surface area contributed by atoms with Crippen LogP contribution in [0.4, 0.5) is 0 Å². The zero-order valence-corrected chi connectivity index (χ0v) is 10.2. The Bertz CT molecular complexity index is 453. The molecular formula is C13H17N3O. The summed E-state index contributed by atoms with van der Waals surface area (Å²) in [7, 11) is 0. The topological polar surface area (TPSA) is 51.0 Å². The van der Waals surface area contributed by atoms with Crippen molar-refractivity contribution in [3.63, 3.8) is 0 Å². The summed E-state index contributed by atoms with van der Waals surface area (Å²) in [5.74, 6) is 1.81. The normalized spacial score (nSPS) is 12.6. The fourth-order valence-corrected chi connectivity index (χ4v) is 1.69. The number of aromatic nitrogens is 2. The van der Waals surface area contributed by atoms with E-state index >= 15 is 0 Å². The van der Waals surface area contributed by atoms with Gasteiger partial charge in [0.25, 0.3) is 0 Å². The van der Waals surface area contributed by atoms with Crippen LogP contribution in [0, 0.1) is 6.92 Å². The molecule has 17 heavy (non-hydrogen) atoms. The van der Waals surface area contributed by atoms with Crippen LogP contribution in [0.2, 0.25) is 0 Å². The standard InChI is InChI=1S/C13H17N3O/c1-10(8-13-4-3-7-17-13)15-9-12-5-6-14-11(2)16-12/h3-7,10,15H,8-9H2,1-2H3. The molecule has 4 nitrogen and oxygen atoms in total. The summed E-state index contributed by atoms with van der Waals surface area (Å²) in [4.78, 5) is 8.42. The van der Waals surface area contributed by atoms with Gasteiger partial charge < -0.3 is 9.73 Å². The molecule has 1 N–H and O–H groups in total. The van der Waals surface area contributed by atoms with E-state index in [-0.39, 0.29) is 0 Å². The van der Waals surface area contributed by atoms with E-state index in [2.05, 4.69) is 22.2 Å². The third-order valence-corrected chi connectivity index (χ3v) is 2.55. The van der Waals surface area contributed by atoms with Gasteiger partial charge in [0.15, 0.2) is 0 Å². The van der Waals surface area contributed by atoms with Gasteiger partial charge in [0.1, 0.15) is 11.6 Å². The minimum atomic E-state index is 0.358. The van der Waals surface area contributed by atoms with Gasteiger partial charge in [0, 0.05) is 25.2 Å². The Morgan fingerprint density at radius 3 is 3.00 bits per heavy atom. The molecule has 0 aliphatic carbocycles. The monoisotopic (exact) mass is 231 g/mol. The molecular weight excluding hydrogens is 214 g/mol. The Kier molecular flexibility index (Phi) is 3.88. The van der Waals surface area contributed by atoms with Gasteiger partial charge in [-0.15, -0.1) is 0 Å². The van der Waals surface area contributed by atoms with E-state index in [4.69, 9.17) is 4.42 Å². The summed E-state index contributed by atoms with van der Waals surface area (Å²) in [6.07, 6.45) is 4.38. The number of rotatable bonds is 5. The van der Waals surface area contributed by atoms with Gasteiger partial charge in [-0.3, -0.25) is 0 Å². The minimum absolute atomic E-state index is 0.358. The molecule has 0 aliphatic rings. The molecule has 90 valence electrons. The van der Waals surface area contributed by atoms with Crippen LogP contribution >= 0.6 is 0 Å². The van der Waals surface area contributed by atoms with Crippen LogP contribution in [0.15, 0.2) is 35.1 Å². The van der Waals surface area contributed by atoms with Gasteiger partial charge in [-0.1, -0.05) is 0 Å². The van der Waals surface area contributed by atoms with Crippen molar-refractivity contribution in [2.75, 3.05) is 0 Å². The molecule has 4 heteroatoms. The van der Waals surface area contributed by atoms with E-state index in [0.29, 0.717) is 6.04 Å². The smallest absolute Gasteiger partial charge is 0.125 e. The van der Waals surface area contributed by atoms with Crippen LogP contribution in [-0.2, 0) is 13.0 Å². The van der Waals surface area contributed by atoms with E-state index in [1.54, 1.807) is 12.5 Å². The first-order chi connectivity index (χ1) is 8.24. The van der Waals surface area contributed by atoms with Crippen LogP contribution in [0.3, 0.4) is 0 Å². The summed E-state index contributed by atoms with van der Waals surface area (Å²) >= 11 is 0. The van der Waals surface area contributed by atoms with Crippen molar-refractivity contribution in [1.82, 2.24) is 15.3 Å². The molecule has 0 radical (unpaired) electrons. The molecule has 2 heterocycles. The number of hydrogen-bond acceptors (Lipinski definition) is 4. The quantitative estimate of drug-likeness (QED) is 0.856. The molecule has 2 aromatic rings. The van der Waals surface area contributed by atoms with E-state index in [1.165, 1.54) is 0 Å². The highest BCUT2D eigenvalue weighted by atomic mass is 16.3. The maximum Gasteiger partial charge on any atom is 0.125 e. The zero-order chi connectivity index (χ0) is 12.1. The molecule has 0 amide bonds. The Morgan fingerprint density at radius 1 is 1.41 bits per heavy atom. The molecule has 1 atom stereocenters. The molecule has 0 fully saturated rings. The van der Waals surface area contributed by atoms with E-state index in [1.807, 2.05) is 25.1 Å². The lowest BCUT2D eigenvalue weighted by molar-refractivity contribution is 0.454. The highest BCUT2D eigenvalue weighted by Crippen LogP contribution is 2.04. The Balaban J connectivity index is 1.82. The first-order valence-corrected chi connectivity index (χ1v) is 5.78. The Hall–Kier alpha value is -1.68. The zero-order valence-electron chi connectivity index (χ0n) is 10.2. The van der Waals surface area contributed by atoms with Crippen molar-refractivity contribution in [2.24, 2.45) is 0 Å². The highest BCUT2D eigenvalue weighted by Gasteiger charge is 2.05. The van der Waals surface area contributed by atoms with E-state index in [0.717, 1.165) is 30.2 Å². The van der Waals surface area contributed by atoms with Crippen molar-refractivity contribution in [3.05, 3.63) is 47.9 Å². The summed E-state index contributed by atoms with van der Waals surface area (Å²) in [6.45, 7) is 4.79. The number of hydrogen-bond donors (Lipinski definition) is 1. The van der Waals surface area contributed by atoms with Crippen molar-refractivity contribution < 1.29 is 4.42 Å². The number of furan rings is 1. The maximum absolute atomic E-state index is 5.31. The first kappa shape index (κ1) is 11.8. The van der Waals surface area contributed by atoms with Crippen LogP contribution in [-0.4, -0.2) is 16.0 Å². The fourth-order valence-electron chi connectivity index (χ4n) is 1.69. The number of aryl methyl sites for hydroxylation is 1. The molecule has 0 aliphatic heterocycles. The molecule has 0 saturated heterocycles. The van der Waals surface area contributed by atoms with Gasteiger partial charge >= 0.3 is 0 Å². The van der Waals surface area contributed by atoms with E-state index in [9.17, 15) is 0 Å². The molecule has 0 saturated carbocycles. The lowest BCUT2D eigenvalue weighted by Crippen LogP contribution is -2.27. The molecule has 1 unspecified atom stereocenters. The predicted octanol–water partition coefficient (Wildman–Crippen LogP) is 2.10. The highest BCUT2D eigenvalue weighted by molar-refractivity contribution is 5.03. The summed E-state index contributed by atoms with van der Waals surface area (Å²) in [5.41, 5.74) is 1.02. The van der Waals surface area contributed by atoms with Crippen molar-refractivity contribution in [3.8, 4) is 0 Å². The van der Waals surface area contributed by atoms with Gasteiger partial charge in [0.2, 0.25) is 0 Å². The second kappa shape index (κ2) is 5.59. The van der Waals surface area contributed by atoms with Crippen molar-refractivity contribution in [1.29, 1.82) is 0 Å². The average molecular weight is 231 g/mol. The van der Waals surface area contributed by atoms with Gasteiger partial charge in [-0.05, 0) is 32.0 Å². The van der Waals surface area contributed by atoms with Crippen LogP contribution in [0.5, 0.6) is 0 Å². The van der Waals surface area contributed by atoms with Gasteiger partial charge in [0.05, 0.1) is 12.0 Å². The van der Waals surface area contributed by atoms with Crippen molar-refractivity contribution >= 4 is 0 Å². The minimum Gasteiger partial charge on any atom is -0.469 e. The lowest BCUT2D eigenvalue weighted by Gasteiger charge is -2.11. The number of nitrogens with one attached hydrogen (secondary N) is 1. The molecule has 2 aromatic heterocycles. The second-order valence-corrected chi connectivity index (χ2v) is 4.16. The number of nitrogens with zero attached hydrogens (tertiary/aromatic N) is 2. The summed E-state index contributed by atoms with van der Waals surface area (Å²) < 4.78 is 5.31. The fraction of sp³-hybridized carbons (Fsp3) is 0.385. The second-order valence-electron chi connectivity index (χ2n) is 4.16. The summed E-state index contributed by atoms with van der Waals surface area (Å²) in [5, 5.41) is 3.41. The third-order valence-electron chi connectivity index (χ3n) is 2.55. The molecule has 0 aromatic carbocycles. The van der Waals surface area contributed by atoms with Crippen LogP contribution in [0.25, 0.3) is 0 Å². The first-order valence-electron chi connectivity index (χ1n) is 5.78. The summed E-state index contributed by atoms with van der Waals surface area (Å²) in [6, 6.07) is 6.19. The van der Waals surface area contributed by atoms with Crippen LogP contribution < -0.4 is 5.32 Å². The Morgan fingerprint density at radius 2 is 2.29 bits per heavy atom. The molecule has 2 rings (SSSR count). The molecule has 0 bridgehead atoms. The maximum atomic E-state index is 5.31. The largest absolute Gasteiger partial charge is 0.469 e. The van der Waals surface area contributed by atoms with E-state index < -0.39 is 0 Å².